The van der Waals surface area contributed by atoms with E-state index in [-0.39, 0.29) is 11.8 Å². The maximum Gasteiger partial charge on any atom is 0.259 e. The minimum atomic E-state index is -0.337. The van der Waals surface area contributed by atoms with Crippen molar-refractivity contribution in [2.75, 3.05) is 61.3 Å². The molecule has 1 atom stereocenters. The normalized spacial score (nSPS) is 18.9. The molecule has 0 spiro atoms. The Bertz CT molecular complexity index is 1440. The summed E-state index contributed by atoms with van der Waals surface area (Å²) in [6.45, 7) is 5.88. The number of nitrogens with two attached hydrogens (primary N) is 1. The molecular weight excluding hydrogens is 475 g/mol. The minimum Gasteiger partial charge on any atom is -0.461 e. The van der Waals surface area contributed by atoms with Crippen molar-refractivity contribution >= 4 is 23.4 Å². The van der Waals surface area contributed by atoms with Crippen LogP contribution in [-0.2, 0) is 0 Å². The summed E-state index contributed by atoms with van der Waals surface area (Å²) in [5.41, 5.74) is 7.11. The van der Waals surface area contributed by atoms with Gasteiger partial charge in [0.25, 0.3) is 5.78 Å². The molecule has 4 aromatic rings. The van der Waals surface area contributed by atoms with E-state index in [2.05, 4.69) is 34.8 Å². The number of halogens is 1. The molecule has 1 aromatic carbocycles. The molecule has 0 radical (unpaired) electrons. The second-order valence-electron chi connectivity index (χ2n) is 9.53. The highest BCUT2D eigenvalue weighted by Crippen LogP contribution is 2.26. The SMILES string of the molecule is N#Cc1ccc(N2CCN(CC3CCCN(c4nc(N)n5nc(-c6ccco6)nc5n4)C3)CC2)c(F)c1. The highest BCUT2D eigenvalue weighted by molar-refractivity contribution is 5.53. The van der Waals surface area contributed by atoms with Crippen LogP contribution in [0.1, 0.15) is 18.4 Å². The summed E-state index contributed by atoms with van der Waals surface area (Å²) >= 11 is 0. The molecule has 6 rings (SSSR count). The number of nitrogens with zero attached hydrogens (tertiary/aromatic N) is 9. The quantitative estimate of drug-likeness (QED) is 0.434. The molecule has 0 amide bonds. The van der Waals surface area contributed by atoms with Crippen molar-refractivity contribution in [3.05, 3.63) is 48.0 Å². The number of benzene rings is 1. The van der Waals surface area contributed by atoms with E-state index in [1.54, 1.807) is 30.5 Å². The molecule has 0 saturated carbocycles. The van der Waals surface area contributed by atoms with Gasteiger partial charge in [-0.3, -0.25) is 4.90 Å². The summed E-state index contributed by atoms with van der Waals surface area (Å²) in [6.07, 6.45) is 3.74. The van der Waals surface area contributed by atoms with Gasteiger partial charge in [-0.15, -0.1) is 5.10 Å². The largest absolute Gasteiger partial charge is 0.461 e. The average Bonchev–Trinajstić information content (AvgIpc) is 3.60. The Morgan fingerprint density at radius 2 is 1.95 bits per heavy atom. The molecule has 2 N–H and O–H groups in total. The van der Waals surface area contributed by atoms with Crippen LogP contribution in [0.5, 0.6) is 0 Å². The lowest BCUT2D eigenvalue weighted by Crippen LogP contribution is -2.50. The first-order chi connectivity index (χ1) is 18.1. The lowest BCUT2D eigenvalue weighted by atomic mass is 9.97. The van der Waals surface area contributed by atoms with Gasteiger partial charge in [0.05, 0.1) is 23.6 Å². The lowest BCUT2D eigenvalue weighted by molar-refractivity contribution is 0.205. The number of fused-ring (bicyclic) bond motifs is 1. The maximum atomic E-state index is 14.4. The van der Waals surface area contributed by atoms with Gasteiger partial charge in [-0.1, -0.05) is 0 Å². The van der Waals surface area contributed by atoms with E-state index in [4.69, 9.17) is 15.4 Å². The fourth-order valence-corrected chi connectivity index (χ4v) is 5.21. The molecule has 5 heterocycles. The second-order valence-corrected chi connectivity index (χ2v) is 9.53. The van der Waals surface area contributed by atoms with Crippen LogP contribution in [0.2, 0.25) is 0 Å². The van der Waals surface area contributed by atoms with E-state index >= 15 is 0 Å². The van der Waals surface area contributed by atoms with Crippen LogP contribution in [0.4, 0.5) is 22.0 Å². The number of nitriles is 1. The third-order valence-corrected chi connectivity index (χ3v) is 7.07. The van der Waals surface area contributed by atoms with Crippen molar-refractivity contribution in [3.63, 3.8) is 0 Å². The topological polar surface area (TPSA) is 129 Å². The van der Waals surface area contributed by atoms with Gasteiger partial charge < -0.3 is 20.0 Å². The van der Waals surface area contributed by atoms with Gasteiger partial charge >= 0.3 is 0 Å². The van der Waals surface area contributed by atoms with Crippen molar-refractivity contribution in [1.82, 2.24) is 29.5 Å². The van der Waals surface area contributed by atoms with Crippen LogP contribution in [0.15, 0.2) is 41.0 Å². The number of aromatic nitrogens is 5. The summed E-state index contributed by atoms with van der Waals surface area (Å²) in [7, 11) is 0. The molecule has 1 unspecified atom stereocenters. The molecular formula is C25H27FN10O. The first-order valence-corrected chi connectivity index (χ1v) is 12.4. The first-order valence-electron chi connectivity index (χ1n) is 12.4. The molecule has 2 aliphatic heterocycles. The molecule has 11 nitrogen and oxygen atoms in total. The Balaban J connectivity index is 1.09. The van der Waals surface area contributed by atoms with Crippen LogP contribution in [-0.4, -0.2) is 75.3 Å². The number of rotatable bonds is 5. The zero-order chi connectivity index (χ0) is 25.4. The molecule has 12 heteroatoms. The molecule has 0 aliphatic carbocycles. The monoisotopic (exact) mass is 502 g/mol. The van der Waals surface area contributed by atoms with E-state index in [1.807, 2.05) is 6.07 Å². The minimum absolute atomic E-state index is 0.235. The van der Waals surface area contributed by atoms with Crippen molar-refractivity contribution in [1.29, 1.82) is 5.26 Å². The molecule has 3 aromatic heterocycles. The highest BCUT2D eigenvalue weighted by atomic mass is 19.1. The van der Waals surface area contributed by atoms with Gasteiger partial charge in [0.2, 0.25) is 17.7 Å². The summed E-state index contributed by atoms with van der Waals surface area (Å²) in [6, 6.07) is 10.2. The van der Waals surface area contributed by atoms with Crippen molar-refractivity contribution in [2.45, 2.75) is 12.8 Å². The summed E-state index contributed by atoms with van der Waals surface area (Å²) in [5, 5.41) is 13.3. The van der Waals surface area contributed by atoms with Crippen molar-refractivity contribution in [2.24, 2.45) is 5.92 Å². The number of piperazine rings is 1. The third-order valence-electron chi connectivity index (χ3n) is 7.07. The zero-order valence-corrected chi connectivity index (χ0v) is 20.3. The Morgan fingerprint density at radius 1 is 1.08 bits per heavy atom. The van der Waals surface area contributed by atoms with E-state index in [0.717, 1.165) is 58.7 Å². The number of anilines is 3. The van der Waals surface area contributed by atoms with Gasteiger partial charge in [-0.2, -0.15) is 24.7 Å². The van der Waals surface area contributed by atoms with Crippen LogP contribution >= 0.6 is 0 Å². The van der Waals surface area contributed by atoms with Crippen molar-refractivity contribution < 1.29 is 8.81 Å². The molecule has 190 valence electrons. The lowest BCUT2D eigenvalue weighted by Gasteiger charge is -2.40. The van der Waals surface area contributed by atoms with Gasteiger partial charge in [-0.05, 0) is 49.1 Å². The van der Waals surface area contributed by atoms with Crippen LogP contribution in [0.25, 0.3) is 17.4 Å². The van der Waals surface area contributed by atoms with Gasteiger partial charge in [-0.25, -0.2) is 4.39 Å². The summed E-state index contributed by atoms with van der Waals surface area (Å²) in [5.74, 6) is 2.28. The van der Waals surface area contributed by atoms with E-state index in [9.17, 15) is 4.39 Å². The predicted molar refractivity (Wildman–Crippen MR) is 135 cm³/mol. The third kappa shape index (κ3) is 4.65. The van der Waals surface area contributed by atoms with E-state index in [0.29, 0.717) is 40.5 Å². The fraction of sp³-hybridized carbons (Fsp3) is 0.400. The zero-order valence-electron chi connectivity index (χ0n) is 20.3. The number of hydrogen-bond donors (Lipinski definition) is 1. The average molecular weight is 503 g/mol. The Kier molecular flexibility index (Phi) is 6.05. The maximum absolute atomic E-state index is 14.4. The van der Waals surface area contributed by atoms with E-state index in [1.165, 1.54) is 10.6 Å². The number of furan rings is 1. The van der Waals surface area contributed by atoms with Crippen LogP contribution in [0.3, 0.4) is 0 Å². The molecule has 37 heavy (non-hydrogen) atoms. The Morgan fingerprint density at radius 3 is 2.70 bits per heavy atom. The smallest absolute Gasteiger partial charge is 0.259 e. The second kappa shape index (κ2) is 9.67. The van der Waals surface area contributed by atoms with Crippen LogP contribution in [0, 0.1) is 23.1 Å². The van der Waals surface area contributed by atoms with Crippen LogP contribution < -0.4 is 15.5 Å². The fourth-order valence-electron chi connectivity index (χ4n) is 5.21. The molecule has 0 bridgehead atoms. The molecule has 2 fully saturated rings. The molecule has 2 aliphatic rings. The summed E-state index contributed by atoms with van der Waals surface area (Å²) in [4.78, 5) is 20.3. The first kappa shape index (κ1) is 23.2. The van der Waals surface area contributed by atoms with Crippen molar-refractivity contribution in [3.8, 4) is 17.7 Å². The Labute approximate surface area is 212 Å². The number of piperidine rings is 1. The standard InChI is InChI=1S/C25H27FN10O/c26-19-13-17(14-27)5-6-20(19)34-10-8-33(9-11-34)15-18-3-1-7-35(16-18)24-30-23(28)36-25(31-24)29-22(32-36)21-4-2-12-37-21/h2,4-6,12-13,18H,1,3,7-11,15-16H2,(H2,28,29,30,31,32). The number of hydrogen-bond acceptors (Lipinski definition) is 10. The van der Waals surface area contributed by atoms with E-state index < -0.39 is 0 Å². The number of nitrogen functional groups attached to an aromatic ring is 1. The highest BCUT2D eigenvalue weighted by Gasteiger charge is 2.27. The summed E-state index contributed by atoms with van der Waals surface area (Å²) < 4.78 is 21.3. The van der Waals surface area contributed by atoms with Gasteiger partial charge in [0.15, 0.2) is 5.76 Å². The van der Waals surface area contributed by atoms with Gasteiger partial charge in [0, 0.05) is 45.8 Å². The Hall–Kier alpha value is -4.24. The van der Waals surface area contributed by atoms with Gasteiger partial charge in [0.1, 0.15) is 5.82 Å². The molecule has 2 saturated heterocycles. The predicted octanol–water partition coefficient (Wildman–Crippen LogP) is 2.41.